The van der Waals surface area contributed by atoms with Crippen molar-refractivity contribution >= 4 is 22.6 Å². The van der Waals surface area contributed by atoms with E-state index in [1.54, 1.807) is 24.3 Å². The summed E-state index contributed by atoms with van der Waals surface area (Å²) in [6.45, 7) is 1.01. The summed E-state index contributed by atoms with van der Waals surface area (Å²) >= 11 is 0. The normalized spacial score (nSPS) is 10.9. The topological polar surface area (TPSA) is 92.9 Å². The second-order valence-electron chi connectivity index (χ2n) is 5.53. The number of carbonyl (C=O) groups excluding carboxylic acids is 2. The molecule has 6 nitrogen and oxygen atoms in total. The lowest BCUT2D eigenvalue weighted by Crippen LogP contribution is -2.17. The molecule has 0 saturated carbocycles. The number of rotatable bonds is 6. The number of nitrogens with zero attached hydrogens (tertiary/aromatic N) is 1. The monoisotopic (exact) mass is 316 g/mol. The maximum Gasteiger partial charge on any atom is 0.341 e. The minimum absolute atomic E-state index is 0.0534. The SMILES string of the molecule is CN(C)CCCOC(=O)c1cc2ccccc2c(C(N)=O)c1O. The number of aromatic hydroxyl groups is 1. The Morgan fingerprint density at radius 3 is 2.61 bits per heavy atom. The van der Waals surface area contributed by atoms with Crippen LogP contribution in [0.25, 0.3) is 10.8 Å². The van der Waals surface area contributed by atoms with Gasteiger partial charge in [-0.25, -0.2) is 4.79 Å². The predicted molar refractivity (Wildman–Crippen MR) is 87.6 cm³/mol. The third-order valence-corrected chi connectivity index (χ3v) is 3.47. The molecule has 1 amide bonds. The summed E-state index contributed by atoms with van der Waals surface area (Å²) in [5, 5.41) is 11.4. The van der Waals surface area contributed by atoms with Gasteiger partial charge in [0.25, 0.3) is 5.91 Å². The summed E-state index contributed by atoms with van der Waals surface area (Å²) in [5.74, 6) is -1.90. The number of benzene rings is 2. The van der Waals surface area contributed by atoms with Crippen LogP contribution in [0.3, 0.4) is 0 Å². The van der Waals surface area contributed by atoms with Crippen LogP contribution in [0.2, 0.25) is 0 Å². The number of fused-ring (bicyclic) bond motifs is 1. The number of primary amides is 1. The predicted octanol–water partition coefficient (Wildman–Crippen LogP) is 1.75. The largest absolute Gasteiger partial charge is 0.506 e. The summed E-state index contributed by atoms with van der Waals surface area (Å²) in [4.78, 5) is 25.8. The molecule has 2 aromatic carbocycles. The van der Waals surface area contributed by atoms with Crippen molar-refractivity contribution in [3.05, 3.63) is 41.5 Å². The van der Waals surface area contributed by atoms with Crippen molar-refractivity contribution in [1.82, 2.24) is 4.90 Å². The zero-order valence-electron chi connectivity index (χ0n) is 13.2. The average molecular weight is 316 g/mol. The fraction of sp³-hybridized carbons (Fsp3) is 0.294. The Morgan fingerprint density at radius 2 is 1.96 bits per heavy atom. The van der Waals surface area contributed by atoms with Crippen LogP contribution in [0.4, 0.5) is 0 Å². The molecule has 0 unspecified atom stereocenters. The minimum Gasteiger partial charge on any atom is -0.506 e. The molecule has 2 rings (SSSR count). The molecule has 122 valence electrons. The maximum atomic E-state index is 12.2. The number of ether oxygens (including phenoxy) is 1. The molecule has 0 spiro atoms. The molecule has 0 saturated heterocycles. The first-order valence-corrected chi connectivity index (χ1v) is 7.28. The van der Waals surface area contributed by atoms with E-state index in [4.69, 9.17) is 10.5 Å². The molecule has 0 aromatic heterocycles. The number of hydrogen-bond acceptors (Lipinski definition) is 5. The van der Waals surface area contributed by atoms with Gasteiger partial charge in [0.15, 0.2) is 0 Å². The molecule has 0 heterocycles. The first-order valence-electron chi connectivity index (χ1n) is 7.28. The van der Waals surface area contributed by atoms with Crippen LogP contribution in [-0.2, 0) is 4.74 Å². The van der Waals surface area contributed by atoms with Crippen LogP contribution >= 0.6 is 0 Å². The van der Waals surface area contributed by atoms with Crippen molar-refractivity contribution in [1.29, 1.82) is 0 Å². The molecule has 0 aliphatic carbocycles. The first kappa shape index (κ1) is 16.8. The zero-order valence-corrected chi connectivity index (χ0v) is 13.2. The fourth-order valence-electron chi connectivity index (χ4n) is 2.37. The lowest BCUT2D eigenvalue weighted by atomic mass is 9.99. The number of carbonyl (C=O) groups is 2. The molecule has 0 aliphatic heterocycles. The molecule has 6 heteroatoms. The summed E-state index contributed by atoms with van der Waals surface area (Å²) < 4.78 is 5.17. The van der Waals surface area contributed by atoms with Gasteiger partial charge < -0.3 is 20.5 Å². The highest BCUT2D eigenvalue weighted by atomic mass is 16.5. The van der Waals surface area contributed by atoms with E-state index in [-0.39, 0.29) is 17.7 Å². The van der Waals surface area contributed by atoms with E-state index < -0.39 is 17.6 Å². The van der Waals surface area contributed by atoms with Gasteiger partial charge in [-0.05, 0) is 37.4 Å². The van der Waals surface area contributed by atoms with E-state index in [0.29, 0.717) is 17.2 Å². The summed E-state index contributed by atoms with van der Waals surface area (Å²) in [6, 6.07) is 8.42. The number of amides is 1. The molecule has 3 N–H and O–H groups in total. The van der Waals surface area contributed by atoms with E-state index in [1.807, 2.05) is 19.0 Å². The van der Waals surface area contributed by atoms with Gasteiger partial charge in [-0.15, -0.1) is 0 Å². The summed E-state index contributed by atoms with van der Waals surface area (Å²) in [7, 11) is 3.85. The molecule has 0 radical (unpaired) electrons. The molecule has 0 aliphatic rings. The molecule has 0 bridgehead atoms. The summed E-state index contributed by atoms with van der Waals surface area (Å²) in [6.07, 6.45) is 0.676. The van der Waals surface area contributed by atoms with Gasteiger partial charge in [0, 0.05) is 6.54 Å². The maximum absolute atomic E-state index is 12.2. The molecule has 0 fully saturated rings. The van der Waals surface area contributed by atoms with Crippen molar-refractivity contribution in [2.45, 2.75) is 6.42 Å². The van der Waals surface area contributed by atoms with Crippen LogP contribution in [0.5, 0.6) is 5.75 Å². The number of phenols is 1. The Bertz CT molecular complexity index is 741. The van der Waals surface area contributed by atoms with Crippen molar-refractivity contribution in [3.8, 4) is 5.75 Å². The van der Waals surface area contributed by atoms with E-state index in [9.17, 15) is 14.7 Å². The zero-order chi connectivity index (χ0) is 17.0. The van der Waals surface area contributed by atoms with Gasteiger partial charge in [-0.2, -0.15) is 0 Å². The van der Waals surface area contributed by atoms with Crippen LogP contribution in [-0.4, -0.2) is 49.1 Å². The molecular formula is C17H20N2O4. The van der Waals surface area contributed by atoms with Crippen LogP contribution in [0, 0.1) is 0 Å². The fourth-order valence-corrected chi connectivity index (χ4v) is 2.37. The second kappa shape index (κ2) is 7.11. The molecular weight excluding hydrogens is 296 g/mol. The van der Waals surface area contributed by atoms with E-state index >= 15 is 0 Å². The first-order chi connectivity index (χ1) is 10.9. The molecule has 0 atom stereocenters. The van der Waals surface area contributed by atoms with Gasteiger partial charge in [-0.1, -0.05) is 24.3 Å². The lowest BCUT2D eigenvalue weighted by molar-refractivity contribution is 0.0490. The lowest BCUT2D eigenvalue weighted by Gasteiger charge is -2.12. The van der Waals surface area contributed by atoms with Gasteiger partial charge in [0.05, 0.1) is 12.2 Å². The quantitative estimate of drug-likeness (QED) is 0.625. The van der Waals surface area contributed by atoms with Gasteiger partial charge in [-0.3, -0.25) is 4.79 Å². The minimum atomic E-state index is -0.791. The highest BCUT2D eigenvalue weighted by Crippen LogP contribution is 2.31. The third-order valence-electron chi connectivity index (χ3n) is 3.47. The number of nitrogens with two attached hydrogens (primary N) is 1. The van der Waals surface area contributed by atoms with Crippen molar-refractivity contribution in [3.63, 3.8) is 0 Å². The standard InChI is InChI=1S/C17H20N2O4/c1-19(2)8-5-9-23-17(22)13-10-11-6-3-4-7-12(11)14(15(13)20)16(18)21/h3-4,6-7,10,20H,5,8-9H2,1-2H3,(H2,18,21). The van der Waals surface area contributed by atoms with Crippen LogP contribution < -0.4 is 5.73 Å². The highest BCUT2D eigenvalue weighted by molar-refractivity contribution is 6.12. The van der Waals surface area contributed by atoms with Gasteiger partial charge >= 0.3 is 5.97 Å². The number of hydrogen-bond donors (Lipinski definition) is 2. The smallest absolute Gasteiger partial charge is 0.341 e. The Morgan fingerprint density at radius 1 is 1.26 bits per heavy atom. The molecule has 23 heavy (non-hydrogen) atoms. The van der Waals surface area contributed by atoms with Crippen LogP contribution in [0.1, 0.15) is 27.1 Å². The van der Waals surface area contributed by atoms with Gasteiger partial charge in [0.2, 0.25) is 0 Å². The Kier molecular flexibility index (Phi) is 5.18. The number of esters is 1. The van der Waals surface area contributed by atoms with E-state index in [0.717, 1.165) is 6.54 Å². The highest BCUT2D eigenvalue weighted by Gasteiger charge is 2.21. The third kappa shape index (κ3) is 3.78. The van der Waals surface area contributed by atoms with Crippen LogP contribution in [0.15, 0.2) is 30.3 Å². The molecule has 2 aromatic rings. The second-order valence-corrected chi connectivity index (χ2v) is 5.53. The Hall–Kier alpha value is -2.60. The van der Waals surface area contributed by atoms with Crippen molar-refractivity contribution in [2.75, 3.05) is 27.2 Å². The average Bonchev–Trinajstić information content (AvgIpc) is 2.50. The Balaban J connectivity index is 2.32. The van der Waals surface area contributed by atoms with E-state index in [2.05, 4.69) is 0 Å². The van der Waals surface area contributed by atoms with E-state index in [1.165, 1.54) is 6.07 Å². The van der Waals surface area contributed by atoms with Crippen molar-refractivity contribution in [2.24, 2.45) is 5.73 Å². The van der Waals surface area contributed by atoms with Crippen molar-refractivity contribution < 1.29 is 19.4 Å². The summed E-state index contributed by atoms with van der Waals surface area (Å²) in [5.41, 5.74) is 5.23. The van der Waals surface area contributed by atoms with Gasteiger partial charge in [0.1, 0.15) is 11.3 Å². The Labute approximate surface area is 134 Å².